The maximum atomic E-state index is 6.17. The largest absolute Gasteiger partial charge is 0.454 e. The smallest absolute Gasteiger partial charge is 0.159 e. The summed E-state index contributed by atoms with van der Waals surface area (Å²) in [7, 11) is 0. The van der Waals surface area contributed by atoms with E-state index >= 15 is 0 Å². The van der Waals surface area contributed by atoms with Gasteiger partial charge in [-0.1, -0.05) is 48.5 Å². The van der Waals surface area contributed by atoms with E-state index in [4.69, 9.17) is 4.42 Å². The SMILES string of the molecule is C1=CN2CC=c3ccccc3=C2c2oc3ccccc3c21. The van der Waals surface area contributed by atoms with Gasteiger partial charge in [-0.3, -0.25) is 0 Å². The van der Waals surface area contributed by atoms with Gasteiger partial charge in [0.05, 0.1) is 5.70 Å². The number of hydrogen-bond donors (Lipinski definition) is 0. The standard InChI is InChI=1S/C19H13NO/c1-2-6-14-13(5-1)9-11-20-12-10-16-15-7-3-4-8-17(15)21-19(16)18(14)20/h1-10,12H,11H2. The van der Waals surface area contributed by atoms with Crippen LogP contribution in [0.2, 0.25) is 0 Å². The average molecular weight is 271 g/mol. The molecule has 100 valence electrons. The highest BCUT2D eigenvalue weighted by atomic mass is 16.3. The number of nitrogens with zero attached hydrogens (tertiary/aromatic N) is 1. The third-order valence-electron chi connectivity index (χ3n) is 4.28. The summed E-state index contributed by atoms with van der Waals surface area (Å²) in [4.78, 5) is 2.26. The first-order valence-electron chi connectivity index (χ1n) is 7.18. The van der Waals surface area contributed by atoms with Gasteiger partial charge in [0.2, 0.25) is 0 Å². The summed E-state index contributed by atoms with van der Waals surface area (Å²) >= 11 is 0. The highest BCUT2D eigenvalue weighted by molar-refractivity contribution is 5.94. The Morgan fingerprint density at radius 1 is 0.952 bits per heavy atom. The molecule has 0 saturated heterocycles. The molecule has 0 aliphatic carbocycles. The van der Waals surface area contributed by atoms with Crippen LogP contribution in [0.4, 0.5) is 0 Å². The third-order valence-corrected chi connectivity index (χ3v) is 4.28. The average Bonchev–Trinajstić information content (AvgIpc) is 2.93. The van der Waals surface area contributed by atoms with Gasteiger partial charge in [-0.15, -0.1) is 0 Å². The van der Waals surface area contributed by atoms with Gasteiger partial charge in [0.1, 0.15) is 5.58 Å². The van der Waals surface area contributed by atoms with Crippen molar-refractivity contribution in [3.8, 4) is 0 Å². The van der Waals surface area contributed by atoms with E-state index in [-0.39, 0.29) is 0 Å². The van der Waals surface area contributed by atoms with Gasteiger partial charge in [0.25, 0.3) is 0 Å². The van der Waals surface area contributed by atoms with E-state index < -0.39 is 0 Å². The Bertz CT molecular complexity index is 1020. The van der Waals surface area contributed by atoms with Crippen molar-refractivity contribution in [1.29, 1.82) is 0 Å². The van der Waals surface area contributed by atoms with Crippen molar-refractivity contribution < 1.29 is 4.42 Å². The Hall–Kier alpha value is -2.74. The fraction of sp³-hybridized carbons (Fsp3) is 0.0526. The fourth-order valence-corrected chi connectivity index (χ4v) is 3.29. The molecule has 2 aliphatic heterocycles. The molecular formula is C19H13NO. The molecule has 0 amide bonds. The summed E-state index contributed by atoms with van der Waals surface area (Å²) in [5, 5.41) is 3.71. The summed E-state index contributed by atoms with van der Waals surface area (Å²) in [5.41, 5.74) is 3.32. The topological polar surface area (TPSA) is 16.4 Å². The quantitative estimate of drug-likeness (QED) is 0.625. The second kappa shape index (κ2) is 3.89. The summed E-state index contributed by atoms with van der Waals surface area (Å²) in [6.07, 6.45) is 6.58. The van der Waals surface area contributed by atoms with Crippen LogP contribution in [0.5, 0.6) is 0 Å². The molecule has 0 unspecified atom stereocenters. The van der Waals surface area contributed by atoms with Gasteiger partial charge in [0, 0.05) is 28.9 Å². The maximum Gasteiger partial charge on any atom is 0.159 e. The van der Waals surface area contributed by atoms with Crippen molar-refractivity contribution in [2.45, 2.75) is 0 Å². The Kier molecular flexibility index (Phi) is 2.03. The summed E-state index contributed by atoms with van der Waals surface area (Å²) in [5.74, 6) is 0.985. The number of para-hydroxylation sites is 1. The van der Waals surface area contributed by atoms with E-state index in [9.17, 15) is 0 Å². The highest BCUT2D eigenvalue weighted by Crippen LogP contribution is 2.35. The number of fused-ring (bicyclic) bond motifs is 6. The van der Waals surface area contributed by atoms with E-state index in [1.807, 2.05) is 12.1 Å². The molecule has 0 fully saturated rings. The molecule has 0 atom stereocenters. The summed E-state index contributed by atoms with van der Waals surface area (Å²) in [6.45, 7) is 0.888. The fourth-order valence-electron chi connectivity index (χ4n) is 3.29. The van der Waals surface area contributed by atoms with E-state index in [1.165, 1.54) is 27.1 Å². The lowest BCUT2D eigenvalue weighted by Crippen LogP contribution is -2.38. The molecule has 0 bridgehead atoms. The van der Waals surface area contributed by atoms with Gasteiger partial charge < -0.3 is 9.32 Å². The van der Waals surface area contributed by atoms with Crippen LogP contribution in [0.15, 0.2) is 59.1 Å². The first kappa shape index (κ1) is 11.0. The summed E-state index contributed by atoms with van der Waals surface area (Å²) < 4.78 is 6.17. The van der Waals surface area contributed by atoms with Crippen molar-refractivity contribution >= 4 is 28.8 Å². The zero-order valence-electron chi connectivity index (χ0n) is 11.4. The van der Waals surface area contributed by atoms with Crippen LogP contribution in [0.1, 0.15) is 11.3 Å². The monoisotopic (exact) mass is 271 g/mol. The number of rotatable bonds is 0. The van der Waals surface area contributed by atoms with E-state index in [2.05, 4.69) is 59.7 Å². The molecule has 2 nitrogen and oxygen atoms in total. The lowest BCUT2D eigenvalue weighted by molar-refractivity contribution is 0.529. The highest BCUT2D eigenvalue weighted by Gasteiger charge is 2.25. The Morgan fingerprint density at radius 3 is 2.81 bits per heavy atom. The Balaban J connectivity index is 1.98. The molecule has 0 N–H and O–H groups in total. The molecule has 1 aromatic heterocycles. The van der Waals surface area contributed by atoms with Crippen LogP contribution in [-0.2, 0) is 0 Å². The first-order chi connectivity index (χ1) is 10.4. The minimum atomic E-state index is 0.888. The zero-order chi connectivity index (χ0) is 13.8. The zero-order valence-corrected chi connectivity index (χ0v) is 11.4. The third kappa shape index (κ3) is 1.42. The second-order valence-electron chi connectivity index (χ2n) is 5.45. The van der Waals surface area contributed by atoms with Gasteiger partial charge in [-0.05, 0) is 17.4 Å². The van der Waals surface area contributed by atoms with Crippen molar-refractivity contribution in [3.63, 3.8) is 0 Å². The van der Waals surface area contributed by atoms with Crippen LogP contribution in [-0.4, -0.2) is 11.4 Å². The van der Waals surface area contributed by atoms with Gasteiger partial charge in [0.15, 0.2) is 5.76 Å². The molecule has 3 aromatic rings. The van der Waals surface area contributed by atoms with Crippen LogP contribution >= 0.6 is 0 Å². The molecular weight excluding hydrogens is 258 g/mol. The lowest BCUT2D eigenvalue weighted by Gasteiger charge is -2.27. The second-order valence-corrected chi connectivity index (χ2v) is 5.45. The molecule has 5 rings (SSSR count). The van der Waals surface area contributed by atoms with Crippen LogP contribution in [0, 0.1) is 0 Å². The maximum absolute atomic E-state index is 6.17. The lowest BCUT2D eigenvalue weighted by atomic mass is 10.0. The van der Waals surface area contributed by atoms with Gasteiger partial charge >= 0.3 is 0 Å². The van der Waals surface area contributed by atoms with Crippen LogP contribution in [0.3, 0.4) is 0 Å². The van der Waals surface area contributed by atoms with Crippen molar-refractivity contribution in [2.75, 3.05) is 6.54 Å². The predicted molar refractivity (Wildman–Crippen MR) is 84.6 cm³/mol. The van der Waals surface area contributed by atoms with Gasteiger partial charge in [-0.2, -0.15) is 0 Å². The van der Waals surface area contributed by atoms with Gasteiger partial charge in [-0.25, -0.2) is 0 Å². The molecule has 2 aliphatic rings. The molecule has 2 aromatic carbocycles. The normalized spacial score (nSPS) is 15.4. The minimum Gasteiger partial charge on any atom is -0.454 e. The van der Waals surface area contributed by atoms with Crippen molar-refractivity contribution in [1.82, 2.24) is 4.90 Å². The molecule has 3 heterocycles. The molecule has 0 spiro atoms. The predicted octanol–water partition coefficient (Wildman–Crippen LogP) is 2.67. The Morgan fingerprint density at radius 2 is 1.81 bits per heavy atom. The van der Waals surface area contributed by atoms with E-state index in [0.717, 1.165) is 17.9 Å². The number of furan rings is 1. The Labute approximate surface area is 121 Å². The van der Waals surface area contributed by atoms with E-state index in [0.29, 0.717) is 0 Å². The van der Waals surface area contributed by atoms with Crippen molar-refractivity contribution in [3.05, 3.63) is 76.5 Å². The van der Waals surface area contributed by atoms with E-state index in [1.54, 1.807) is 0 Å². The van der Waals surface area contributed by atoms with Crippen LogP contribution < -0.4 is 10.4 Å². The molecule has 0 radical (unpaired) electrons. The number of hydrogen-bond acceptors (Lipinski definition) is 2. The molecule has 2 heteroatoms. The van der Waals surface area contributed by atoms with Crippen molar-refractivity contribution in [2.24, 2.45) is 0 Å². The molecule has 21 heavy (non-hydrogen) atoms. The molecule has 0 saturated carbocycles. The first-order valence-corrected chi connectivity index (χ1v) is 7.18. The van der Waals surface area contributed by atoms with Crippen LogP contribution in [0.25, 0.3) is 28.8 Å². The minimum absolute atomic E-state index is 0.888. The summed E-state index contributed by atoms with van der Waals surface area (Å²) in [6, 6.07) is 16.8. The number of benzene rings is 2.